The average molecular weight is 220 g/mol. The molecule has 0 bridgehead atoms. The van der Waals surface area contributed by atoms with Crippen LogP contribution in [0.4, 0.5) is 0 Å². The molecule has 0 aromatic rings. The summed E-state index contributed by atoms with van der Waals surface area (Å²) < 4.78 is 24.7. The summed E-state index contributed by atoms with van der Waals surface area (Å²) in [6, 6.07) is 0. The van der Waals surface area contributed by atoms with E-state index in [1.807, 2.05) is 0 Å². The lowest BCUT2D eigenvalue weighted by molar-refractivity contribution is 0.373. The molecule has 2 N–H and O–H groups in total. The van der Waals surface area contributed by atoms with E-state index in [1.54, 1.807) is 4.31 Å². The van der Waals surface area contributed by atoms with Gasteiger partial charge in [0.05, 0.1) is 5.75 Å². The maximum absolute atomic E-state index is 11.5. The van der Waals surface area contributed by atoms with E-state index in [4.69, 9.17) is 5.73 Å². The third-order valence-electron chi connectivity index (χ3n) is 2.56. The van der Waals surface area contributed by atoms with Crippen LogP contribution in [0.5, 0.6) is 0 Å². The lowest BCUT2D eigenvalue weighted by Gasteiger charge is -2.25. The highest BCUT2D eigenvalue weighted by Gasteiger charge is 2.24. The molecule has 14 heavy (non-hydrogen) atoms. The Hall–Kier alpha value is -0.130. The molecule has 4 nitrogen and oxygen atoms in total. The highest BCUT2D eigenvalue weighted by Crippen LogP contribution is 2.14. The summed E-state index contributed by atoms with van der Waals surface area (Å²) >= 11 is 0. The number of sulfonamides is 1. The van der Waals surface area contributed by atoms with Gasteiger partial charge in [0.2, 0.25) is 10.0 Å². The molecule has 0 amide bonds. The Balaban J connectivity index is 2.28. The predicted octanol–water partition coefficient (Wildman–Crippen LogP) is 0.541. The molecule has 5 heteroatoms. The van der Waals surface area contributed by atoms with Crippen molar-refractivity contribution in [2.45, 2.75) is 32.1 Å². The van der Waals surface area contributed by atoms with Gasteiger partial charge in [0.1, 0.15) is 0 Å². The first-order valence-electron chi connectivity index (χ1n) is 5.35. The van der Waals surface area contributed by atoms with E-state index in [-0.39, 0.29) is 0 Å². The molecule has 1 fully saturated rings. The Labute approximate surface area is 86.5 Å². The van der Waals surface area contributed by atoms with Crippen LogP contribution in [0.2, 0.25) is 0 Å². The van der Waals surface area contributed by atoms with Crippen molar-refractivity contribution in [3.63, 3.8) is 0 Å². The molecule has 0 unspecified atom stereocenters. The van der Waals surface area contributed by atoms with E-state index < -0.39 is 10.0 Å². The monoisotopic (exact) mass is 220 g/mol. The summed E-state index contributed by atoms with van der Waals surface area (Å²) in [5.41, 5.74) is 5.37. The number of nitrogens with zero attached hydrogens (tertiary/aromatic N) is 1. The lowest BCUT2D eigenvalue weighted by Crippen LogP contribution is -2.38. The number of hydrogen-bond donors (Lipinski definition) is 1. The highest BCUT2D eigenvalue weighted by molar-refractivity contribution is 7.89. The Morgan fingerprint density at radius 1 is 1.14 bits per heavy atom. The average Bonchev–Trinajstić information content (AvgIpc) is 2.14. The van der Waals surface area contributed by atoms with Crippen LogP contribution in [0.1, 0.15) is 32.1 Å². The van der Waals surface area contributed by atoms with Gasteiger partial charge in [0, 0.05) is 13.1 Å². The van der Waals surface area contributed by atoms with E-state index in [1.165, 1.54) is 0 Å². The van der Waals surface area contributed by atoms with Gasteiger partial charge in [0.15, 0.2) is 0 Å². The topological polar surface area (TPSA) is 63.4 Å². The van der Waals surface area contributed by atoms with Crippen LogP contribution in [0.15, 0.2) is 0 Å². The molecular weight excluding hydrogens is 200 g/mol. The van der Waals surface area contributed by atoms with Crippen LogP contribution < -0.4 is 5.73 Å². The van der Waals surface area contributed by atoms with Crippen molar-refractivity contribution in [1.29, 1.82) is 0 Å². The first-order valence-corrected chi connectivity index (χ1v) is 6.95. The number of hydrogen-bond acceptors (Lipinski definition) is 3. The molecule has 0 aliphatic carbocycles. The van der Waals surface area contributed by atoms with Crippen molar-refractivity contribution in [3.8, 4) is 0 Å². The second-order valence-corrected chi connectivity index (χ2v) is 5.86. The standard InChI is InChI=1S/C9H20N2O2S/c10-6-2-1-3-7-11-8-4-5-9-14(11,12)13/h1-10H2. The van der Waals surface area contributed by atoms with E-state index in [9.17, 15) is 8.42 Å². The molecular formula is C9H20N2O2S. The van der Waals surface area contributed by atoms with Crippen LogP contribution in [0, 0.1) is 0 Å². The second kappa shape index (κ2) is 5.68. The maximum atomic E-state index is 11.5. The molecule has 0 spiro atoms. The predicted molar refractivity (Wildman–Crippen MR) is 57.5 cm³/mol. The summed E-state index contributed by atoms with van der Waals surface area (Å²) in [7, 11) is -2.91. The van der Waals surface area contributed by atoms with Gasteiger partial charge in [-0.15, -0.1) is 0 Å². The van der Waals surface area contributed by atoms with Crippen molar-refractivity contribution in [3.05, 3.63) is 0 Å². The summed E-state index contributed by atoms with van der Waals surface area (Å²) in [6.07, 6.45) is 4.80. The van der Waals surface area contributed by atoms with Crippen molar-refractivity contribution < 1.29 is 8.42 Å². The van der Waals surface area contributed by atoms with Crippen LogP contribution in [-0.4, -0.2) is 38.1 Å². The fraction of sp³-hybridized carbons (Fsp3) is 1.00. The van der Waals surface area contributed by atoms with Gasteiger partial charge in [-0.05, 0) is 32.2 Å². The van der Waals surface area contributed by atoms with Gasteiger partial charge < -0.3 is 5.73 Å². The second-order valence-electron chi connectivity index (χ2n) is 3.77. The normalized spacial score (nSPS) is 22.4. The van der Waals surface area contributed by atoms with Crippen molar-refractivity contribution >= 4 is 10.0 Å². The van der Waals surface area contributed by atoms with Crippen molar-refractivity contribution in [1.82, 2.24) is 4.31 Å². The Morgan fingerprint density at radius 3 is 2.57 bits per heavy atom. The largest absolute Gasteiger partial charge is 0.330 e. The van der Waals surface area contributed by atoms with Gasteiger partial charge >= 0.3 is 0 Å². The molecule has 1 heterocycles. The van der Waals surface area contributed by atoms with Crippen LogP contribution in [0.25, 0.3) is 0 Å². The van der Waals surface area contributed by atoms with Crippen LogP contribution >= 0.6 is 0 Å². The molecule has 0 atom stereocenters. The molecule has 0 radical (unpaired) electrons. The zero-order valence-corrected chi connectivity index (χ0v) is 9.43. The van der Waals surface area contributed by atoms with Gasteiger partial charge in [-0.2, -0.15) is 0 Å². The first kappa shape index (κ1) is 11.9. The minimum absolute atomic E-state index is 0.337. The third-order valence-corrected chi connectivity index (χ3v) is 4.52. The minimum Gasteiger partial charge on any atom is -0.330 e. The van der Waals surface area contributed by atoms with Gasteiger partial charge in [-0.1, -0.05) is 6.42 Å². The van der Waals surface area contributed by atoms with Crippen LogP contribution in [0.3, 0.4) is 0 Å². The third kappa shape index (κ3) is 3.55. The number of rotatable bonds is 5. The summed E-state index contributed by atoms with van der Waals surface area (Å²) in [5, 5.41) is 0. The Kier molecular flexibility index (Phi) is 4.84. The minimum atomic E-state index is -2.91. The smallest absolute Gasteiger partial charge is 0.214 e. The fourth-order valence-electron chi connectivity index (χ4n) is 1.70. The molecule has 1 aliphatic rings. The molecule has 0 aromatic carbocycles. The molecule has 1 saturated heterocycles. The molecule has 84 valence electrons. The van der Waals surface area contributed by atoms with Crippen LogP contribution in [-0.2, 0) is 10.0 Å². The lowest BCUT2D eigenvalue weighted by atomic mass is 10.2. The van der Waals surface area contributed by atoms with Gasteiger partial charge in [0.25, 0.3) is 0 Å². The molecule has 1 rings (SSSR count). The highest BCUT2D eigenvalue weighted by atomic mass is 32.2. The fourth-order valence-corrected chi connectivity index (χ4v) is 3.34. The van der Waals surface area contributed by atoms with E-state index in [0.29, 0.717) is 25.4 Å². The first-order chi connectivity index (χ1) is 6.67. The van der Waals surface area contributed by atoms with E-state index >= 15 is 0 Å². The summed E-state index contributed by atoms with van der Waals surface area (Å²) in [5.74, 6) is 0.337. The van der Waals surface area contributed by atoms with Gasteiger partial charge in [-0.25, -0.2) is 12.7 Å². The summed E-state index contributed by atoms with van der Waals surface area (Å²) in [6.45, 7) is 2.10. The zero-order valence-electron chi connectivity index (χ0n) is 8.61. The van der Waals surface area contributed by atoms with Crippen molar-refractivity contribution in [2.24, 2.45) is 5.73 Å². The molecule has 0 aromatic heterocycles. The van der Waals surface area contributed by atoms with Crippen molar-refractivity contribution in [2.75, 3.05) is 25.4 Å². The summed E-state index contributed by atoms with van der Waals surface area (Å²) in [4.78, 5) is 0. The molecule has 1 aliphatic heterocycles. The SMILES string of the molecule is NCCCCCN1CCCCS1(=O)=O. The molecule has 0 saturated carbocycles. The zero-order chi connectivity index (χ0) is 10.4. The Bertz CT molecular complexity index is 252. The quantitative estimate of drug-likeness (QED) is 0.688. The van der Waals surface area contributed by atoms with E-state index in [2.05, 4.69) is 0 Å². The van der Waals surface area contributed by atoms with Gasteiger partial charge in [-0.3, -0.25) is 0 Å². The Morgan fingerprint density at radius 2 is 1.93 bits per heavy atom. The number of unbranched alkanes of at least 4 members (excludes halogenated alkanes) is 2. The maximum Gasteiger partial charge on any atom is 0.214 e. The van der Waals surface area contributed by atoms with E-state index in [0.717, 1.165) is 32.1 Å². The number of nitrogens with two attached hydrogens (primary N) is 1.